The summed E-state index contributed by atoms with van der Waals surface area (Å²) < 4.78 is 0. The number of hydrogen-bond donors (Lipinski definition) is 2. The topological polar surface area (TPSA) is 78.5 Å². The summed E-state index contributed by atoms with van der Waals surface area (Å²) in [5, 5.41) is 5.29. The minimum atomic E-state index is -0.459. The van der Waals surface area contributed by atoms with Crippen LogP contribution in [-0.2, 0) is 9.59 Å². The van der Waals surface area contributed by atoms with Gasteiger partial charge in [0.25, 0.3) is 5.91 Å². The largest absolute Gasteiger partial charge is 0.351 e. The van der Waals surface area contributed by atoms with E-state index in [1.807, 2.05) is 0 Å². The number of imide groups is 1. The summed E-state index contributed by atoms with van der Waals surface area (Å²) in [7, 11) is 0. The fourth-order valence-electron chi connectivity index (χ4n) is 2.86. The van der Waals surface area contributed by atoms with Crippen LogP contribution in [0.3, 0.4) is 0 Å². The number of nitrogens with zero attached hydrogens (tertiary/aromatic N) is 1. The Labute approximate surface area is 118 Å². The highest BCUT2D eigenvalue weighted by Crippen LogP contribution is 2.29. The van der Waals surface area contributed by atoms with Gasteiger partial charge in [0.1, 0.15) is 12.6 Å². The van der Waals surface area contributed by atoms with Crippen LogP contribution in [0.4, 0.5) is 4.79 Å². The fraction of sp³-hybridized carbons (Fsp3) is 0.643. The van der Waals surface area contributed by atoms with Crippen molar-refractivity contribution in [3.05, 3.63) is 12.7 Å². The molecular weight excluding hydrogens is 258 g/mol. The number of carbonyl (C=O) groups excluding carboxylic acids is 3. The van der Waals surface area contributed by atoms with Crippen molar-refractivity contribution in [1.82, 2.24) is 15.5 Å². The van der Waals surface area contributed by atoms with Crippen LogP contribution in [0.15, 0.2) is 12.7 Å². The van der Waals surface area contributed by atoms with Crippen molar-refractivity contribution in [2.24, 2.45) is 5.92 Å². The average molecular weight is 279 g/mol. The molecular formula is C14H21N3O3. The maximum Gasteiger partial charge on any atom is 0.325 e. The SMILES string of the molecule is C=CCNC(=O)CN1C(=O)N[C@H](C2CCCCC2)C1=O. The first-order chi connectivity index (χ1) is 9.63. The number of urea groups is 1. The van der Waals surface area contributed by atoms with Gasteiger partial charge in [0, 0.05) is 6.54 Å². The first kappa shape index (κ1) is 14.6. The summed E-state index contributed by atoms with van der Waals surface area (Å²) in [6.45, 7) is 3.60. The Balaban J connectivity index is 1.94. The quantitative estimate of drug-likeness (QED) is 0.577. The summed E-state index contributed by atoms with van der Waals surface area (Å²) in [5.41, 5.74) is 0. The van der Waals surface area contributed by atoms with Gasteiger partial charge in [0.15, 0.2) is 0 Å². The molecule has 6 nitrogen and oxygen atoms in total. The van der Waals surface area contributed by atoms with Crippen LogP contribution < -0.4 is 10.6 Å². The summed E-state index contributed by atoms with van der Waals surface area (Å²) >= 11 is 0. The first-order valence-corrected chi connectivity index (χ1v) is 7.13. The molecule has 2 aliphatic rings. The van der Waals surface area contributed by atoms with Crippen molar-refractivity contribution in [1.29, 1.82) is 0 Å². The predicted molar refractivity (Wildman–Crippen MR) is 73.8 cm³/mol. The molecule has 1 atom stereocenters. The fourth-order valence-corrected chi connectivity index (χ4v) is 2.86. The van der Waals surface area contributed by atoms with Crippen molar-refractivity contribution < 1.29 is 14.4 Å². The lowest BCUT2D eigenvalue weighted by atomic mass is 9.84. The van der Waals surface area contributed by atoms with Gasteiger partial charge < -0.3 is 10.6 Å². The van der Waals surface area contributed by atoms with E-state index in [0.29, 0.717) is 6.54 Å². The molecule has 1 saturated carbocycles. The molecule has 1 heterocycles. The Hall–Kier alpha value is -1.85. The molecule has 1 aliphatic heterocycles. The van der Waals surface area contributed by atoms with E-state index >= 15 is 0 Å². The molecule has 2 fully saturated rings. The van der Waals surface area contributed by atoms with Crippen LogP contribution in [0.5, 0.6) is 0 Å². The third-order valence-corrected chi connectivity index (χ3v) is 3.92. The van der Waals surface area contributed by atoms with E-state index in [4.69, 9.17) is 0 Å². The highest BCUT2D eigenvalue weighted by Gasteiger charge is 2.43. The molecule has 0 aromatic rings. The molecule has 0 unspecified atom stereocenters. The van der Waals surface area contributed by atoms with Crippen molar-refractivity contribution in [2.45, 2.75) is 38.1 Å². The molecule has 0 aromatic carbocycles. The van der Waals surface area contributed by atoms with Crippen molar-refractivity contribution in [3.63, 3.8) is 0 Å². The van der Waals surface area contributed by atoms with Gasteiger partial charge in [-0.3, -0.25) is 14.5 Å². The number of amides is 4. The second-order valence-corrected chi connectivity index (χ2v) is 5.34. The summed E-state index contributed by atoms with van der Waals surface area (Å²) in [5.74, 6) is -0.408. The van der Waals surface area contributed by atoms with Gasteiger partial charge in [-0.15, -0.1) is 6.58 Å². The monoisotopic (exact) mass is 279 g/mol. The Kier molecular flexibility index (Phi) is 4.76. The van der Waals surface area contributed by atoms with Crippen LogP contribution in [0, 0.1) is 5.92 Å². The zero-order chi connectivity index (χ0) is 14.5. The minimum Gasteiger partial charge on any atom is -0.351 e. The Bertz CT molecular complexity index is 416. The number of nitrogens with one attached hydrogen (secondary N) is 2. The van der Waals surface area contributed by atoms with E-state index in [0.717, 1.165) is 30.6 Å². The Morgan fingerprint density at radius 1 is 1.35 bits per heavy atom. The molecule has 6 heteroatoms. The molecule has 20 heavy (non-hydrogen) atoms. The van der Waals surface area contributed by atoms with E-state index in [9.17, 15) is 14.4 Å². The summed E-state index contributed by atoms with van der Waals surface area (Å²) in [6, 6.07) is -0.908. The molecule has 4 amide bonds. The highest BCUT2D eigenvalue weighted by atomic mass is 16.2. The van der Waals surface area contributed by atoms with Crippen molar-refractivity contribution in [2.75, 3.05) is 13.1 Å². The third kappa shape index (κ3) is 3.18. The van der Waals surface area contributed by atoms with Gasteiger partial charge in [-0.25, -0.2) is 4.79 Å². The van der Waals surface area contributed by atoms with E-state index in [1.165, 1.54) is 6.42 Å². The maximum atomic E-state index is 12.3. The number of hydrogen-bond acceptors (Lipinski definition) is 3. The van der Waals surface area contributed by atoms with Crippen molar-refractivity contribution in [3.8, 4) is 0 Å². The second kappa shape index (κ2) is 6.54. The van der Waals surface area contributed by atoms with Gasteiger partial charge in [-0.05, 0) is 18.8 Å². The van der Waals surface area contributed by atoms with Crippen LogP contribution >= 0.6 is 0 Å². The van der Waals surface area contributed by atoms with Crippen LogP contribution in [-0.4, -0.2) is 41.9 Å². The maximum absolute atomic E-state index is 12.3. The van der Waals surface area contributed by atoms with Gasteiger partial charge in [-0.2, -0.15) is 0 Å². The summed E-state index contributed by atoms with van der Waals surface area (Å²) in [4.78, 5) is 36.7. The highest BCUT2D eigenvalue weighted by molar-refractivity contribution is 6.06. The Morgan fingerprint density at radius 3 is 2.70 bits per heavy atom. The molecule has 2 rings (SSSR count). The lowest BCUT2D eigenvalue weighted by Gasteiger charge is -2.25. The smallest absolute Gasteiger partial charge is 0.325 e. The third-order valence-electron chi connectivity index (χ3n) is 3.92. The van der Waals surface area contributed by atoms with E-state index in [1.54, 1.807) is 6.08 Å². The van der Waals surface area contributed by atoms with Crippen LogP contribution in [0.2, 0.25) is 0 Å². The standard InChI is InChI=1S/C14H21N3O3/c1-2-8-15-11(18)9-17-13(19)12(16-14(17)20)10-6-4-3-5-7-10/h2,10,12H,1,3-9H2,(H,15,18)(H,16,20)/t12-/m1/s1. The molecule has 1 saturated heterocycles. The molecule has 0 spiro atoms. The van der Waals surface area contributed by atoms with E-state index < -0.39 is 12.1 Å². The van der Waals surface area contributed by atoms with Crippen LogP contribution in [0.1, 0.15) is 32.1 Å². The molecule has 0 bridgehead atoms. The van der Waals surface area contributed by atoms with Crippen LogP contribution in [0.25, 0.3) is 0 Å². The van der Waals surface area contributed by atoms with Crippen molar-refractivity contribution >= 4 is 17.8 Å². The van der Waals surface area contributed by atoms with Gasteiger partial charge in [-0.1, -0.05) is 25.3 Å². The van der Waals surface area contributed by atoms with E-state index in [2.05, 4.69) is 17.2 Å². The van der Waals surface area contributed by atoms with Gasteiger partial charge in [0.05, 0.1) is 0 Å². The average Bonchev–Trinajstić information content (AvgIpc) is 2.74. The molecule has 1 aliphatic carbocycles. The Morgan fingerprint density at radius 2 is 2.05 bits per heavy atom. The molecule has 2 N–H and O–H groups in total. The molecule has 0 radical (unpaired) electrons. The predicted octanol–water partition coefficient (Wildman–Crippen LogP) is 0.789. The normalized spacial score (nSPS) is 23.6. The first-order valence-electron chi connectivity index (χ1n) is 7.13. The zero-order valence-electron chi connectivity index (χ0n) is 11.6. The molecule has 110 valence electrons. The van der Waals surface area contributed by atoms with E-state index in [-0.39, 0.29) is 24.3 Å². The zero-order valence-corrected chi connectivity index (χ0v) is 11.6. The van der Waals surface area contributed by atoms with Gasteiger partial charge >= 0.3 is 6.03 Å². The van der Waals surface area contributed by atoms with Gasteiger partial charge in [0.2, 0.25) is 5.91 Å². The number of rotatable bonds is 5. The minimum absolute atomic E-state index is 0.210. The molecule has 0 aromatic heterocycles. The summed E-state index contributed by atoms with van der Waals surface area (Å²) in [6.07, 6.45) is 6.88. The lowest BCUT2D eigenvalue weighted by molar-refractivity contribution is -0.133. The second-order valence-electron chi connectivity index (χ2n) is 5.34. The lowest BCUT2D eigenvalue weighted by Crippen LogP contribution is -2.42. The number of carbonyl (C=O) groups is 3.